The van der Waals surface area contributed by atoms with Crippen LogP contribution in [0.5, 0.6) is 0 Å². The van der Waals surface area contributed by atoms with Gasteiger partial charge in [-0.15, -0.1) is 5.10 Å². The third-order valence-corrected chi connectivity index (χ3v) is 3.65. The standard InChI is InChI=1S/C12H18N6O/c1-16(2)11-6-17(5-10-8-19-9-13-10)7-12(11)18-4-3-14-15-18/h3-4,8-9,11-12H,5-7H2,1-2H3/t11-,12+/m1/s1. The smallest absolute Gasteiger partial charge is 0.180 e. The van der Waals surface area contributed by atoms with Crippen molar-refractivity contribution in [3.05, 3.63) is 30.7 Å². The highest BCUT2D eigenvalue weighted by Gasteiger charge is 2.36. The number of likely N-dealkylation sites (N-methyl/N-ethyl adjacent to an activating group) is 1. The van der Waals surface area contributed by atoms with Crippen molar-refractivity contribution in [1.82, 2.24) is 29.8 Å². The van der Waals surface area contributed by atoms with Crippen LogP contribution >= 0.6 is 0 Å². The van der Waals surface area contributed by atoms with Crippen LogP contribution in [0.15, 0.2) is 29.5 Å². The fourth-order valence-corrected chi connectivity index (χ4v) is 2.68. The second-order valence-corrected chi connectivity index (χ2v) is 5.16. The SMILES string of the molecule is CN(C)[C@@H]1CN(Cc2cocn2)C[C@@H]1n1ccnn1. The Morgan fingerprint density at radius 3 is 2.95 bits per heavy atom. The Morgan fingerprint density at radius 2 is 2.32 bits per heavy atom. The second-order valence-electron chi connectivity index (χ2n) is 5.16. The Bertz CT molecular complexity index is 494. The fraction of sp³-hybridized carbons (Fsp3) is 0.583. The Labute approximate surface area is 111 Å². The van der Waals surface area contributed by atoms with Gasteiger partial charge in [0.05, 0.1) is 17.9 Å². The maximum atomic E-state index is 5.02. The zero-order chi connectivity index (χ0) is 13.2. The van der Waals surface area contributed by atoms with Crippen molar-refractivity contribution < 1.29 is 4.42 Å². The van der Waals surface area contributed by atoms with Crippen molar-refractivity contribution in [3.8, 4) is 0 Å². The molecular formula is C12H18N6O. The van der Waals surface area contributed by atoms with Crippen LogP contribution in [0.3, 0.4) is 0 Å². The third-order valence-electron chi connectivity index (χ3n) is 3.65. The van der Waals surface area contributed by atoms with Gasteiger partial charge >= 0.3 is 0 Å². The molecule has 19 heavy (non-hydrogen) atoms. The average Bonchev–Trinajstić information content (AvgIpc) is 3.09. The first kappa shape index (κ1) is 12.3. The second kappa shape index (κ2) is 5.10. The van der Waals surface area contributed by atoms with Gasteiger partial charge in [0.2, 0.25) is 0 Å². The number of hydrogen-bond donors (Lipinski definition) is 0. The van der Waals surface area contributed by atoms with Crippen LogP contribution in [0.4, 0.5) is 0 Å². The number of oxazole rings is 1. The van der Waals surface area contributed by atoms with E-state index in [0.29, 0.717) is 12.1 Å². The predicted molar refractivity (Wildman–Crippen MR) is 68.3 cm³/mol. The van der Waals surface area contributed by atoms with E-state index < -0.39 is 0 Å². The Balaban J connectivity index is 1.73. The van der Waals surface area contributed by atoms with Crippen LogP contribution in [-0.2, 0) is 6.54 Å². The Kier molecular flexibility index (Phi) is 3.31. The van der Waals surface area contributed by atoms with Crippen LogP contribution in [0, 0.1) is 0 Å². The highest BCUT2D eigenvalue weighted by Crippen LogP contribution is 2.25. The molecule has 3 heterocycles. The van der Waals surface area contributed by atoms with Crippen LogP contribution in [-0.4, -0.2) is 63.0 Å². The molecule has 7 nitrogen and oxygen atoms in total. The number of rotatable bonds is 4. The van der Waals surface area contributed by atoms with E-state index in [1.807, 2.05) is 10.9 Å². The van der Waals surface area contributed by atoms with Crippen molar-refractivity contribution in [2.75, 3.05) is 27.2 Å². The Hall–Kier alpha value is -1.73. The minimum absolute atomic E-state index is 0.324. The zero-order valence-corrected chi connectivity index (χ0v) is 11.2. The van der Waals surface area contributed by atoms with E-state index in [1.165, 1.54) is 6.39 Å². The molecule has 0 bridgehead atoms. The lowest BCUT2D eigenvalue weighted by atomic mass is 10.1. The topological polar surface area (TPSA) is 63.2 Å². The van der Waals surface area contributed by atoms with Crippen molar-refractivity contribution in [2.24, 2.45) is 0 Å². The number of hydrogen-bond acceptors (Lipinski definition) is 6. The lowest BCUT2D eigenvalue weighted by Gasteiger charge is -2.24. The van der Waals surface area contributed by atoms with Crippen LogP contribution in [0.2, 0.25) is 0 Å². The summed E-state index contributed by atoms with van der Waals surface area (Å²) in [5.74, 6) is 0. The molecule has 7 heteroatoms. The molecule has 2 atom stereocenters. The lowest BCUT2D eigenvalue weighted by molar-refractivity contribution is 0.237. The van der Waals surface area contributed by atoms with E-state index >= 15 is 0 Å². The summed E-state index contributed by atoms with van der Waals surface area (Å²) in [4.78, 5) is 8.80. The van der Waals surface area contributed by atoms with Crippen molar-refractivity contribution in [3.63, 3.8) is 0 Å². The summed E-state index contributed by atoms with van der Waals surface area (Å²) in [6.07, 6.45) is 6.84. The number of nitrogens with zero attached hydrogens (tertiary/aromatic N) is 6. The summed E-state index contributed by atoms with van der Waals surface area (Å²) in [5, 5.41) is 8.05. The van der Waals surface area contributed by atoms with Crippen molar-refractivity contribution >= 4 is 0 Å². The summed E-state index contributed by atoms with van der Waals surface area (Å²) in [6.45, 7) is 2.75. The highest BCUT2D eigenvalue weighted by molar-refractivity contribution is 4.97. The molecule has 1 aliphatic rings. The molecule has 0 amide bonds. The predicted octanol–water partition coefficient (Wildman–Crippen LogP) is 0.253. The number of likely N-dealkylation sites (tertiary alicyclic amines) is 1. The first-order chi connectivity index (χ1) is 9.24. The molecule has 0 saturated carbocycles. The van der Waals surface area contributed by atoms with Gasteiger partial charge < -0.3 is 9.32 Å². The molecule has 2 aromatic heterocycles. The minimum Gasteiger partial charge on any atom is -0.451 e. The molecule has 0 aliphatic carbocycles. The van der Waals surface area contributed by atoms with Gasteiger partial charge in [0.1, 0.15) is 6.26 Å². The summed E-state index contributed by atoms with van der Waals surface area (Å²) in [5.41, 5.74) is 0.969. The van der Waals surface area contributed by atoms with Crippen molar-refractivity contribution in [2.45, 2.75) is 18.6 Å². The van der Waals surface area contributed by atoms with Gasteiger partial charge in [-0.2, -0.15) is 0 Å². The lowest BCUT2D eigenvalue weighted by Crippen LogP contribution is -2.36. The molecule has 0 N–H and O–H groups in total. The quantitative estimate of drug-likeness (QED) is 0.787. The van der Waals surface area contributed by atoms with Gasteiger partial charge in [-0.3, -0.25) is 4.90 Å². The van der Waals surface area contributed by atoms with Crippen LogP contribution < -0.4 is 0 Å². The molecule has 0 aromatic carbocycles. The van der Waals surface area contributed by atoms with Gasteiger partial charge in [-0.05, 0) is 14.1 Å². The third kappa shape index (κ3) is 2.52. The molecular weight excluding hydrogens is 244 g/mol. The van der Waals surface area contributed by atoms with Crippen molar-refractivity contribution in [1.29, 1.82) is 0 Å². The highest BCUT2D eigenvalue weighted by atomic mass is 16.3. The molecule has 3 rings (SSSR count). The number of aromatic nitrogens is 4. The maximum Gasteiger partial charge on any atom is 0.180 e. The maximum absolute atomic E-state index is 5.02. The fourth-order valence-electron chi connectivity index (χ4n) is 2.68. The van der Waals surface area contributed by atoms with Gasteiger partial charge in [-0.25, -0.2) is 9.67 Å². The van der Waals surface area contributed by atoms with E-state index in [0.717, 1.165) is 25.3 Å². The van der Waals surface area contributed by atoms with E-state index in [9.17, 15) is 0 Å². The molecule has 1 saturated heterocycles. The van der Waals surface area contributed by atoms with E-state index in [4.69, 9.17) is 4.42 Å². The van der Waals surface area contributed by atoms with E-state index in [2.05, 4.69) is 39.2 Å². The molecule has 1 fully saturated rings. The summed E-state index contributed by atoms with van der Waals surface area (Å²) in [7, 11) is 4.21. The molecule has 102 valence electrons. The molecule has 0 radical (unpaired) electrons. The molecule has 0 unspecified atom stereocenters. The van der Waals surface area contributed by atoms with E-state index in [1.54, 1.807) is 12.5 Å². The zero-order valence-electron chi connectivity index (χ0n) is 11.2. The summed E-state index contributed by atoms with van der Waals surface area (Å²) >= 11 is 0. The minimum atomic E-state index is 0.324. The van der Waals surface area contributed by atoms with E-state index in [-0.39, 0.29) is 0 Å². The molecule has 2 aromatic rings. The molecule has 1 aliphatic heterocycles. The monoisotopic (exact) mass is 262 g/mol. The largest absolute Gasteiger partial charge is 0.451 e. The molecule has 0 spiro atoms. The Morgan fingerprint density at radius 1 is 1.42 bits per heavy atom. The van der Waals surface area contributed by atoms with Crippen LogP contribution in [0.1, 0.15) is 11.7 Å². The van der Waals surface area contributed by atoms with Gasteiger partial charge in [0.25, 0.3) is 0 Å². The first-order valence-electron chi connectivity index (χ1n) is 6.35. The first-order valence-corrected chi connectivity index (χ1v) is 6.35. The van der Waals surface area contributed by atoms with Gasteiger partial charge in [0, 0.05) is 31.9 Å². The summed E-state index contributed by atoms with van der Waals surface area (Å²) < 4.78 is 6.97. The van der Waals surface area contributed by atoms with Gasteiger partial charge in [-0.1, -0.05) is 5.21 Å². The summed E-state index contributed by atoms with van der Waals surface area (Å²) in [6, 6.07) is 0.748. The van der Waals surface area contributed by atoms with Crippen LogP contribution in [0.25, 0.3) is 0 Å². The normalized spacial score (nSPS) is 24.4. The average molecular weight is 262 g/mol. The van der Waals surface area contributed by atoms with Gasteiger partial charge in [0.15, 0.2) is 6.39 Å².